The molecule has 1 saturated heterocycles. The Kier molecular flexibility index (Phi) is 3.57. The molecule has 0 saturated carbocycles. The molecule has 2 heterocycles. The summed E-state index contributed by atoms with van der Waals surface area (Å²) in [4.78, 5) is 27.1. The first-order valence-corrected chi connectivity index (χ1v) is 8.29. The van der Waals surface area contributed by atoms with Crippen LogP contribution in [0.25, 0.3) is 0 Å². The number of carbonyl (C=O) groups is 2. The molecule has 122 valence electrons. The van der Waals surface area contributed by atoms with Gasteiger partial charge in [-0.1, -0.05) is 12.1 Å². The number of rotatable bonds is 3. The second-order valence-electron chi connectivity index (χ2n) is 5.45. The topological polar surface area (TPSA) is 81.9 Å². The van der Waals surface area contributed by atoms with Crippen LogP contribution in [0.2, 0.25) is 0 Å². The first-order chi connectivity index (χ1) is 11.6. The van der Waals surface area contributed by atoms with E-state index in [1.807, 2.05) is 18.2 Å². The van der Waals surface area contributed by atoms with Crippen molar-refractivity contribution >= 4 is 35.0 Å². The highest BCUT2D eigenvalue weighted by molar-refractivity contribution is 8.00. The van der Waals surface area contributed by atoms with E-state index in [9.17, 15) is 9.59 Å². The van der Waals surface area contributed by atoms with Gasteiger partial charge in [0.15, 0.2) is 11.5 Å². The van der Waals surface area contributed by atoms with E-state index < -0.39 is 5.25 Å². The smallest absolute Gasteiger partial charge is 0.247 e. The first kappa shape index (κ1) is 14.9. The maximum atomic E-state index is 12.7. The van der Waals surface area contributed by atoms with Crippen LogP contribution in [-0.2, 0) is 9.59 Å². The Morgan fingerprint density at radius 1 is 1.08 bits per heavy atom. The minimum absolute atomic E-state index is 0.145. The van der Waals surface area contributed by atoms with Crippen molar-refractivity contribution in [1.82, 2.24) is 0 Å². The summed E-state index contributed by atoms with van der Waals surface area (Å²) in [6.45, 7) is 0.145. The van der Waals surface area contributed by atoms with Gasteiger partial charge in [0.2, 0.25) is 18.6 Å². The fourth-order valence-corrected chi connectivity index (χ4v) is 3.83. The van der Waals surface area contributed by atoms with Gasteiger partial charge in [0.05, 0.1) is 10.9 Å². The predicted molar refractivity (Wildman–Crippen MR) is 90.2 cm³/mol. The van der Waals surface area contributed by atoms with Crippen LogP contribution in [0.15, 0.2) is 47.4 Å². The molecule has 0 aromatic heterocycles. The minimum atomic E-state index is -0.479. The predicted octanol–water partition coefficient (Wildman–Crippen LogP) is 2.42. The Morgan fingerprint density at radius 3 is 2.71 bits per heavy atom. The molecular weight excluding hydrogens is 328 g/mol. The van der Waals surface area contributed by atoms with Crippen molar-refractivity contribution in [3.8, 4) is 11.5 Å². The molecule has 0 aliphatic carbocycles. The molecule has 0 bridgehead atoms. The summed E-state index contributed by atoms with van der Waals surface area (Å²) in [5, 5.41) is -0.479. The number of nitrogen functional groups attached to an aromatic ring is 1. The van der Waals surface area contributed by atoms with Crippen LogP contribution in [0, 0.1) is 0 Å². The lowest BCUT2D eigenvalue weighted by Crippen LogP contribution is -2.31. The molecule has 2 aliphatic rings. The molecule has 6 nitrogen and oxygen atoms in total. The lowest BCUT2D eigenvalue weighted by atomic mass is 10.2. The molecule has 2 aliphatic heterocycles. The van der Waals surface area contributed by atoms with Crippen LogP contribution in [0.3, 0.4) is 0 Å². The van der Waals surface area contributed by atoms with Crippen LogP contribution < -0.4 is 20.1 Å². The van der Waals surface area contributed by atoms with Crippen LogP contribution in [-0.4, -0.2) is 23.9 Å². The molecule has 0 unspecified atom stereocenters. The SMILES string of the molecule is Nc1ccccc1S[C@@H]1CC(=O)N(c2ccc3c(c2)OCO3)C1=O. The number of thioether (sulfide) groups is 1. The van der Waals surface area contributed by atoms with E-state index >= 15 is 0 Å². The molecule has 1 atom stereocenters. The maximum absolute atomic E-state index is 12.7. The van der Waals surface area contributed by atoms with Gasteiger partial charge < -0.3 is 15.2 Å². The van der Waals surface area contributed by atoms with Crippen LogP contribution in [0.5, 0.6) is 11.5 Å². The number of imide groups is 1. The van der Waals surface area contributed by atoms with Crippen molar-refractivity contribution in [2.75, 3.05) is 17.4 Å². The number of fused-ring (bicyclic) bond motifs is 1. The number of hydrogen-bond acceptors (Lipinski definition) is 6. The van der Waals surface area contributed by atoms with E-state index in [1.165, 1.54) is 16.7 Å². The number of nitrogens with two attached hydrogens (primary N) is 1. The molecule has 2 aromatic carbocycles. The molecule has 24 heavy (non-hydrogen) atoms. The molecule has 0 radical (unpaired) electrons. The molecular formula is C17H14N2O4S. The molecule has 7 heteroatoms. The highest BCUT2D eigenvalue weighted by atomic mass is 32.2. The highest BCUT2D eigenvalue weighted by Crippen LogP contribution is 2.39. The number of anilines is 2. The zero-order valence-corrected chi connectivity index (χ0v) is 13.4. The van der Waals surface area contributed by atoms with E-state index in [2.05, 4.69) is 0 Å². The van der Waals surface area contributed by atoms with Crippen molar-refractivity contribution in [1.29, 1.82) is 0 Å². The minimum Gasteiger partial charge on any atom is -0.454 e. The Labute approximate surface area is 142 Å². The summed E-state index contributed by atoms with van der Waals surface area (Å²) in [7, 11) is 0. The third-order valence-electron chi connectivity index (χ3n) is 3.91. The average Bonchev–Trinajstić information content (AvgIpc) is 3.14. The molecule has 2 amide bonds. The Hall–Kier alpha value is -2.67. The van der Waals surface area contributed by atoms with Gasteiger partial charge >= 0.3 is 0 Å². The van der Waals surface area contributed by atoms with Crippen molar-refractivity contribution in [2.45, 2.75) is 16.6 Å². The summed E-state index contributed by atoms with van der Waals surface area (Å²) in [6.07, 6.45) is 0.145. The zero-order valence-electron chi connectivity index (χ0n) is 12.6. The van der Waals surface area contributed by atoms with Crippen molar-refractivity contribution in [2.24, 2.45) is 0 Å². The third kappa shape index (κ3) is 2.46. The zero-order chi connectivity index (χ0) is 16.7. The average molecular weight is 342 g/mol. The molecule has 2 N–H and O–H groups in total. The Morgan fingerprint density at radius 2 is 1.88 bits per heavy atom. The van der Waals surface area contributed by atoms with E-state index in [0.717, 1.165) is 4.90 Å². The fourth-order valence-electron chi connectivity index (χ4n) is 2.73. The van der Waals surface area contributed by atoms with Crippen LogP contribution in [0.1, 0.15) is 6.42 Å². The van der Waals surface area contributed by atoms with Gasteiger partial charge in [0.25, 0.3) is 0 Å². The second kappa shape index (κ2) is 5.76. The van der Waals surface area contributed by atoms with Gasteiger partial charge in [-0.05, 0) is 24.3 Å². The van der Waals surface area contributed by atoms with Gasteiger partial charge in [-0.3, -0.25) is 9.59 Å². The number of amides is 2. The van der Waals surface area contributed by atoms with E-state index in [1.54, 1.807) is 24.3 Å². The van der Waals surface area contributed by atoms with Gasteiger partial charge in [0, 0.05) is 23.1 Å². The summed E-state index contributed by atoms with van der Waals surface area (Å²) in [6, 6.07) is 12.4. The molecule has 2 aromatic rings. The van der Waals surface area contributed by atoms with E-state index in [-0.39, 0.29) is 25.0 Å². The monoisotopic (exact) mass is 342 g/mol. The van der Waals surface area contributed by atoms with E-state index in [4.69, 9.17) is 15.2 Å². The normalized spacial score (nSPS) is 19.2. The van der Waals surface area contributed by atoms with Crippen LogP contribution >= 0.6 is 11.8 Å². The van der Waals surface area contributed by atoms with Crippen LogP contribution in [0.4, 0.5) is 11.4 Å². The quantitative estimate of drug-likeness (QED) is 0.681. The standard InChI is InChI=1S/C17H14N2O4S/c18-11-3-1-2-4-14(11)24-15-8-16(20)19(17(15)21)10-5-6-12-13(7-10)23-9-22-12/h1-7,15H,8-9,18H2/t15-/m1/s1. The van der Waals surface area contributed by atoms with E-state index in [0.29, 0.717) is 22.9 Å². The number of benzene rings is 2. The summed E-state index contributed by atoms with van der Waals surface area (Å²) < 4.78 is 10.6. The summed E-state index contributed by atoms with van der Waals surface area (Å²) in [5.41, 5.74) is 7.02. The largest absolute Gasteiger partial charge is 0.454 e. The maximum Gasteiger partial charge on any atom is 0.247 e. The molecule has 1 fully saturated rings. The number of nitrogens with zero attached hydrogens (tertiary/aromatic N) is 1. The fraction of sp³-hybridized carbons (Fsp3) is 0.176. The van der Waals surface area contributed by atoms with Gasteiger partial charge in [-0.2, -0.15) is 0 Å². The molecule has 0 spiro atoms. The van der Waals surface area contributed by atoms with Gasteiger partial charge in [-0.25, -0.2) is 4.90 Å². The first-order valence-electron chi connectivity index (χ1n) is 7.41. The summed E-state index contributed by atoms with van der Waals surface area (Å²) >= 11 is 1.32. The van der Waals surface area contributed by atoms with Gasteiger partial charge in [0.1, 0.15) is 0 Å². The second-order valence-corrected chi connectivity index (χ2v) is 6.70. The molecule has 4 rings (SSSR count). The number of ether oxygens (including phenoxy) is 2. The van der Waals surface area contributed by atoms with Crippen molar-refractivity contribution in [3.63, 3.8) is 0 Å². The number of carbonyl (C=O) groups excluding carboxylic acids is 2. The Balaban J connectivity index is 1.59. The number of hydrogen-bond donors (Lipinski definition) is 1. The van der Waals surface area contributed by atoms with Crippen molar-refractivity contribution < 1.29 is 19.1 Å². The number of para-hydroxylation sites is 1. The lowest BCUT2D eigenvalue weighted by Gasteiger charge is -2.15. The highest BCUT2D eigenvalue weighted by Gasteiger charge is 2.40. The Bertz CT molecular complexity index is 839. The summed E-state index contributed by atoms with van der Waals surface area (Å²) in [5.74, 6) is 0.676. The third-order valence-corrected chi connectivity index (χ3v) is 5.19. The van der Waals surface area contributed by atoms with Crippen molar-refractivity contribution in [3.05, 3.63) is 42.5 Å². The lowest BCUT2D eigenvalue weighted by molar-refractivity contribution is -0.121. The van der Waals surface area contributed by atoms with Gasteiger partial charge in [-0.15, -0.1) is 11.8 Å².